The second kappa shape index (κ2) is 8.81. The van der Waals surface area contributed by atoms with E-state index in [0.29, 0.717) is 24.6 Å². The monoisotopic (exact) mass is 282 g/mol. The lowest BCUT2D eigenvalue weighted by molar-refractivity contribution is -0.130. The Balaban J connectivity index is 2.20. The summed E-state index contributed by atoms with van der Waals surface area (Å²) in [6, 6.07) is 7.20. The number of nitrogens with zero attached hydrogens (tertiary/aromatic N) is 1. The molecule has 1 radical (unpaired) electrons. The standard InChI is InChI=1S/C15H21ClNO2/c1-3-4-5-6-15(18)17(2)11-12-19-14-9-7-13(16)8-10-14/h7-10H,1,3-6,11-12H2,2H3. The molecule has 1 aromatic rings. The van der Waals surface area contributed by atoms with Crippen molar-refractivity contribution >= 4 is 17.5 Å². The third-order valence-corrected chi connectivity index (χ3v) is 3.08. The molecule has 1 amide bonds. The molecule has 0 aliphatic heterocycles. The van der Waals surface area contributed by atoms with E-state index in [-0.39, 0.29) is 5.91 Å². The number of hydrogen-bond acceptors (Lipinski definition) is 2. The summed E-state index contributed by atoms with van der Waals surface area (Å²) in [7, 11) is 1.80. The van der Waals surface area contributed by atoms with Gasteiger partial charge >= 0.3 is 0 Å². The predicted molar refractivity (Wildman–Crippen MR) is 78.4 cm³/mol. The van der Waals surface area contributed by atoms with Gasteiger partial charge in [-0.25, -0.2) is 0 Å². The summed E-state index contributed by atoms with van der Waals surface area (Å²) in [4.78, 5) is 13.4. The van der Waals surface area contributed by atoms with Gasteiger partial charge in [-0.15, -0.1) is 0 Å². The minimum absolute atomic E-state index is 0.160. The summed E-state index contributed by atoms with van der Waals surface area (Å²) in [6.07, 6.45) is 3.38. The van der Waals surface area contributed by atoms with Gasteiger partial charge in [0.25, 0.3) is 0 Å². The van der Waals surface area contributed by atoms with Crippen LogP contribution >= 0.6 is 11.6 Å². The van der Waals surface area contributed by atoms with Gasteiger partial charge < -0.3 is 9.64 Å². The maximum atomic E-state index is 11.7. The molecule has 0 aromatic heterocycles. The summed E-state index contributed by atoms with van der Waals surface area (Å²) >= 11 is 5.79. The highest BCUT2D eigenvalue weighted by Crippen LogP contribution is 2.15. The molecule has 0 N–H and O–H groups in total. The SMILES string of the molecule is [CH2]CCCCC(=O)N(C)CCOc1ccc(Cl)cc1. The second-order valence-electron chi connectivity index (χ2n) is 4.43. The quantitative estimate of drug-likeness (QED) is 0.682. The van der Waals surface area contributed by atoms with Crippen LogP contribution in [0.3, 0.4) is 0 Å². The normalized spacial score (nSPS) is 10.3. The molecule has 105 valence electrons. The van der Waals surface area contributed by atoms with Crippen LogP contribution in [0.2, 0.25) is 5.02 Å². The first-order valence-electron chi connectivity index (χ1n) is 6.55. The highest BCUT2D eigenvalue weighted by molar-refractivity contribution is 6.30. The van der Waals surface area contributed by atoms with E-state index in [9.17, 15) is 4.79 Å². The molecule has 1 aromatic carbocycles. The Labute approximate surface area is 120 Å². The lowest BCUT2D eigenvalue weighted by atomic mass is 10.2. The number of rotatable bonds is 8. The zero-order chi connectivity index (χ0) is 14.1. The van der Waals surface area contributed by atoms with Gasteiger partial charge in [0.15, 0.2) is 0 Å². The molecule has 0 heterocycles. The zero-order valence-electron chi connectivity index (χ0n) is 11.4. The van der Waals surface area contributed by atoms with Crippen LogP contribution in [0.15, 0.2) is 24.3 Å². The fourth-order valence-electron chi connectivity index (χ4n) is 1.60. The molecule has 19 heavy (non-hydrogen) atoms. The smallest absolute Gasteiger partial charge is 0.222 e. The van der Waals surface area contributed by atoms with E-state index >= 15 is 0 Å². The number of carbonyl (C=O) groups excluding carboxylic acids is 1. The van der Waals surface area contributed by atoms with Gasteiger partial charge in [0.2, 0.25) is 5.91 Å². The van der Waals surface area contributed by atoms with Crippen LogP contribution in [0.5, 0.6) is 5.75 Å². The number of amides is 1. The van der Waals surface area contributed by atoms with Crippen LogP contribution < -0.4 is 4.74 Å². The number of ether oxygens (including phenoxy) is 1. The Morgan fingerprint density at radius 3 is 2.63 bits per heavy atom. The summed E-state index contributed by atoms with van der Waals surface area (Å²) in [5.74, 6) is 0.926. The van der Waals surface area contributed by atoms with Gasteiger partial charge in [-0.3, -0.25) is 4.79 Å². The Hall–Kier alpha value is -1.22. The summed E-state index contributed by atoms with van der Waals surface area (Å²) < 4.78 is 5.54. The first-order valence-corrected chi connectivity index (χ1v) is 6.93. The molecule has 1 rings (SSSR count). The van der Waals surface area contributed by atoms with Crippen molar-refractivity contribution in [1.29, 1.82) is 0 Å². The number of unbranched alkanes of at least 4 members (excludes halogenated alkanes) is 2. The first-order chi connectivity index (χ1) is 9.13. The van der Waals surface area contributed by atoms with E-state index in [1.54, 1.807) is 24.1 Å². The zero-order valence-corrected chi connectivity index (χ0v) is 12.2. The van der Waals surface area contributed by atoms with Crippen molar-refractivity contribution in [1.82, 2.24) is 4.90 Å². The lowest BCUT2D eigenvalue weighted by Gasteiger charge is -2.17. The fraction of sp³-hybridized carbons (Fsp3) is 0.467. The van der Waals surface area contributed by atoms with Gasteiger partial charge in [-0.05, 0) is 30.7 Å². The number of hydrogen-bond donors (Lipinski definition) is 0. The van der Waals surface area contributed by atoms with Crippen molar-refractivity contribution in [3.63, 3.8) is 0 Å². The van der Waals surface area contributed by atoms with Crippen molar-refractivity contribution in [2.24, 2.45) is 0 Å². The van der Waals surface area contributed by atoms with Crippen molar-refractivity contribution in [3.05, 3.63) is 36.2 Å². The molecule has 0 bridgehead atoms. The molecule has 0 saturated carbocycles. The number of carbonyl (C=O) groups is 1. The van der Waals surface area contributed by atoms with E-state index < -0.39 is 0 Å². The Morgan fingerprint density at radius 2 is 2.00 bits per heavy atom. The second-order valence-corrected chi connectivity index (χ2v) is 4.86. The van der Waals surface area contributed by atoms with Crippen LogP contribution in [0.25, 0.3) is 0 Å². The Morgan fingerprint density at radius 1 is 1.32 bits per heavy atom. The highest BCUT2D eigenvalue weighted by atomic mass is 35.5. The molecule has 0 saturated heterocycles. The van der Waals surface area contributed by atoms with E-state index in [0.717, 1.165) is 25.0 Å². The Bertz CT molecular complexity index is 378. The van der Waals surface area contributed by atoms with Gasteiger partial charge in [0, 0.05) is 18.5 Å². The third kappa shape index (κ3) is 6.48. The van der Waals surface area contributed by atoms with Crippen LogP contribution in [0.1, 0.15) is 25.7 Å². The number of likely N-dealkylation sites (N-methyl/N-ethyl adjacent to an activating group) is 1. The average molecular weight is 283 g/mol. The van der Waals surface area contributed by atoms with Crippen molar-refractivity contribution in [2.45, 2.75) is 25.7 Å². The molecule has 0 aliphatic rings. The van der Waals surface area contributed by atoms with Crippen LogP contribution in [-0.2, 0) is 4.79 Å². The maximum Gasteiger partial charge on any atom is 0.222 e. The number of benzene rings is 1. The largest absolute Gasteiger partial charge is 0.492 e. The summed E-state index contributed by atoms with van der Waals surface area (Å²) in [5, 5.41) is 0.685. The van der Waals surface area contributed by atoms with Crippen LogP contribution in [-0.4, -0.2) is 31.0 Å². The third-order valence-electron chi connectivity index (χ3n) is 2.83. The Kier molecular flexibility index (Phi) is 7.34. The van der Waals surface area contributed by atoms with Gasteiger partial charge in [0.1, 0.15) is 12.4 Å². The molecule has 0 spiro atoms. The molecule has 0 aliphatic carbocycles. The van der Waals surface area contributed by atoms with Gasteiger partial charge in [-0.1, -0.05) is 31.4 Å². The average Bonchev–Trinajstić information content (AvgIpc) is 2.41. The number of halogens is 1. The first kappa shape index (κ1) is 15.8. The molecular formula is C15H21ClNO2. The summed E-state index contributed by atoms with van der Waals surface area (Å²) in [5.41, 5.74) is 0. The lowest BCUT2D eigenvalue weighted by Crippen LogP contribution is -2.30. The molecule has 4 heteroatoms. The summed E-state index contributed by atoms with van der Waals surface area (Å²) in [6.45, 7) is 4.84. The predicted octanol–water partition coefficient (Wildman–Crippen LogP) is 3.57. The van der Waals surface area contributed by atoms with Crippen molar-refractivity contribution in [3.8, 4) is 5.75 Å². The highest BCUT2D eigenvalue weighted by Gasteiger charge is 2.07. The van der Waals surface area contributed by atoms with Crippen molar-refractivity contribution in [2.75, 3.05) is 20.2 Å². The minimum atomic E-state index is 0.160. The van der Waals surface area contributed by atoms with E-state index in [1.807, 2.05) is 12.1 Å². The van der Waals surface area contributed by atoms with E-state index in [4.69, 9.17) is 16.3 Å². The topological polar surface area (TPSA) is 29.5 Å². The van der Waals surface area contributed by atoms with Gasteiger partial charge in [0.05, 0.1) is 6.54 Å². The van der Waals surface area contributed by atoms with Gasteiger partial charge in [-0.2, -0.15) is 0 Å². The fourth-order valence-corrected chi connectivity index (χ4v) is 1.73. The van der Waals surface area contributed by atoms with Crippen LogP contribution in [0.4, 0.5) is 0 Å². The molecule has 0 unspecified atom stereocenters. The molecule has 3 nitrogen and oxygen atoms in total. The molecule has 0 fully saturated rings. The molecule has 0 atom stereocenters. The molecular weight excluding hydrogens is 262 g/mol. The maximum absolute atomic E-state index is 11.7. The van der Waals surface area contributed by atoms with Crippen LogP contribution in [0, 0.1) is 6.92 Å². The van der Waals surface area contributed by atoms with E-state index in [2.05, 4.69) is 6.92 Å². The minimum Gasteiger partial charge on any atom is -0.492 e. The van der Waals surface area contributed by atoms with E-state index in [1.165, 1.54) is 0 Å². The van der Waals surface area contributed by atoms with Crippen molar-refractivity contribution < 1.29 is 9.53 Å².